The molecule has 21 heavy (non-hydrogen) atoms. The zero-order valence-corrected chi connectivity index (χ0v) is 12.6. The number of hydrogen-bond donors (Lipinski definition) is 0. The molecule has 1 heterocycles. The molecule has 4 nitrogen and oxygen atoms in total. The molecule has 0 radical (unpaired) electrons. The first-order valence-corrected chi connectivity index (χ1v) is 6.88. The molecule has 4 heteroatoms. The lowest BCUT2D eigenvalue weighted by atomic mass is 10.1. The van der Waals surface area contributed by atoms with Gasteiger partial charge < -0.3 is 19.1 Å². The summed E-state index contributed by atoms with van der Waals surface area (Å²) in [5.74, 6) is 1.99. The van der Waals surface area contributed by atoms with Gasteiger partial charge in [0.2, 0.25) is 5.75 Å². The average molecular weight is 285 g/mol. The van der Waals surface area contributed by atoms with Crippen LogP contribution in [-0.4, -0.2) is 21.3 Å². The predicted molar refractivity (Wildman–Crippen MR) is 82.4 cm³/mol. The second-order valence-corrected chi connectivity index (χ2v) is 5.01. The van der Waals surface area contributed by atoms with Gasteiger partial charge in [0, 0.05) is 30.9 Å². The lowest BCUT2D eigenvalue weighted by Crippen LogP contribution is -2.14. The van der Waals surface area contributed by atoms with E-state index >= 15 is 0 Å². The highest BCUT2D eigenvalue weighted by Gasteiger charge is 2.22. The molecule has 0 amide bonds. The van der Waals surface area contributed by atoms with E-state index in [2.05, 4.69) is 29.2 Å². The lowest BCUT2D eigenvalue weighted by Gasteiger charge is -2.21. The standard InChI is InChI=1S/C17H19NO3/c1-19-15-8-14(9-16(20-2)17(15)21-3)18-10-12-6-4-5-7-13(12)11-18/h4-9H,10-11H2,1-3H3. The average Bonchev–Trinajstić information content (AvgIpc) is 2.97. The molecule has 0 unspecified atom stereocenters. The number of hydrogen-bond acceptors (Lipinski definition) is 4. The van der Waals surface area contributed by atoms with Gasteiger partial charge in [-0.1, -0.05) is 24.3 Å². The van der Waals surface area contributed by atoms with Crippen LogP contribution in [-0.2, 0) is 13.1 Å². The Bertz CT molecular complexity index is 604. The smallest absolute Gasteiger partial charge is 0.203 e. The highest BCUT2D eigenvalue weighted by Crippen LogP contribution is 2.42. The molecule has 1 aliphatic heterocycles. The van der Waals surface area contributed by atoms with Gasteiger partial charge in [-0.25, -0.2) is 0 Å². The molecule has 0 spiro atoms. The minimum absolute atomic E-state index is 0.625. The van der Waals surface area contributed by atoms with E-state index in [9.17, 15) is 0 Å². The second kappa shape index (κ2) is 5.56. The molecule has 0 aromatic heterocycles. The van der Waals surface area contributed by atoms with Gasteiger partial charge in [0.1, 0.15) is 0 Å². The second-order valence-electron chi connectivity index (χ2n) is 5.01. The van der Waals surface area contributed by atoms with E-state index in [0.717, 1.165) is 18.8 Å². The highest BCUT2D eigenvalue weighted by molar-refractivity contribution is 5.64. The van der Waals surface area contributed by atoms with Crippen LogP contribution in [0.25, 0.3) is 0 Å². The summed E-state index contributed by atoms with van der Waals surface area (Å²) < 4.78 is 16.2. The van der Waals surface area contributed by atoms with Crippen molar-refractivity contribution in [1.82, 2.24) is 0 Å². The molecule has 0 aliphatic carbocycles. The maximum Gasteiger partial charge on any atom is 0.203 e. The Hall–Kier alpha value is -2.36. The number of anilines is 1. The van der Waals surface area contributed by atoms with Crippen LogP contribution in [0.1, 0.15) is 11.1 Å². The van der Waals surface area contributed by atoms with Crippen LogP contribution in [0, 0.1) is 0 Å². The van der Waals surface area contributed by atoms with Crippen LogP contribution in [0.5, 0.6) is 17.2 Å². The monoisotopic (exact) mass is 285 g/mol. The van der Waals surface area contributed by atoms with E-state index < -0.39 is 0 Å². The van der Waals surface area contributed by atoms with E-state index in [1.54, 1.807) is 21.3 Å². The summed E-state index contributed by atoms with van der Waals surface area (Å²) in [6.45, 7) is 1.80. The minimum Gasteiger partial charge on any atom is -0.493 e. The fraction of sp³-hybridized carbons (Fsp3) is 0.294. The summed E-state index contributed by atoms with van der Waals surface area (Å²) >= 11 is 0. The molecular formula is C17H19NO3. The van der Waals surface area contributed by atoms with Gasteiger partial charge in [0.25, 0.3) is 0 Å². The summed E-state index contributed by atoms with van der Waals surface area (Å²) in [4.78, 5) is 2.30. The SMILES string of the molecule is COc1cc(N2Cc3ccccc3C2)cc(OC)c1OC. The molecule has 1 aliphatic rings. The zero-order chi connectivity index (χ0) is 14.8. The van der Waals surface area contributed by atoms with E-state index in [4.69, 9.17) is 14.2 Å². The predicted octanol–water partition coefficient (Wildman–Crippen LogP) is 3.23. The maximum atomic E-state index is 5.42. The van der Waals surface area contributed by atoms with Crippen LogP contribution in [0.4, 0.5) is 5.69 Å². The summed E-state index contributed by atoms with van der Waals surface area (Å²) in [5, 5.41) is 0. The third-order valence-corrected chi connectivity index (χ3v) is 3.86. The summed E-state index contributed by atoms with van der Waals surface area (Å²) in [5.41, 5.74) is 3.80. The van der Waals surface area contributed by atoms with E-state index in [0.29, 0.717) is 17.2 Å². The van der Waals surface area contributed by atoms with Crippen molar-refractivity contribution in [2.24, 2.45) is 0 Å². The van der Waals surface area contributed by atoms with Crippen LogP contribution >= 0.6 is 0 Å². The van der Waals surface area contributed by atoms with E-state index in [1.165, 1.54) is 11.1 Å². The van der Waals surface area contributed by atoms with Crippen molar-refractivity contribution < 1.29 is 14.2 Å². The number of rotatable bonds is 4. The minimum atomic E-state index is 0.625. The maximum absolute atomic E-state index is 5.42. The molecular weight excluding hydrogens is 266 g/mol. The first kappa shape index (κ1) is 13.6. The number of nitrogens with zero attached hydrogens (tertiary/aromatic N) is 1. The van der Waals surface area contributed by atoms with Gasteiger partial charge in [-0.05, 0) is 11.1 Å². The number of ether oxygens (including phenoxy) is 3. The van der Waals surface area contributed by atoms with Gasteiger partial charge in [-0.2, -0.15) is 0 Å². The largest absolute Gasteiger partial charge is 0.493 e. The van der Waals surface area contributed by atoms with Gasteiger partial charge in [0.15, 0.2) is 11.5 Å². The van der Waals surface area contributed by atoms with Crippen molar-refractivity contribution in [2.45, 2.75) is 13.1 Å². The number of fused-ring (bicyclic) bond motifs is 1. The number of methoxy groups -OCH3 is 3. The fourth-order valence-electron chi connectivity index (χ4n) is 2.77. The van der Waals surface area contributed by atoms with Crippen LogP contribution in [0.15, 0.2) is 36.4 Å². The van der Waals surface area contributed by atoms with Crippen molar-refractivity contribution in [2.75, 3.05) is 26.2 Å². The van der Waals surface area contributed by atoms with Crippen molar-refractivity contribution in [3.05, 3.63) is 47.5 Å². The zero-order valence-electron chi connectivity index (χ0n) is 12.6. The Morgan fingerprint density at radius 3 is 1.76 bits per heavy atom. The molecule has 2 aromatic rings. The van der Waals surface area contributed by atoms with Crippen molar-refractivity contribution >= 4 is 5.69 Å². The Balaban J connectivity index is 1.97. The summed E-state index contributed by atoms with van der Waals surface area (Å²) in [6.07, 6.45) is 0. The Labute approximate surface area is 124 Å². The van der Waals surface area contributed by atoms with Gasteiger partial charge >= 0.3 is 0 Å². The first-order chi connectivity index (χ1) is 10.3. The molecule has 0 saturated carbocycles. The third kappa shape index (κ3) is 2.37. The topological polar surface area (TPSA) is 30.9 Å². The Morgan fingerprint density at radius 1 is 0.810 bits per heavy atom. The molecule has 0 N–H and O–H groups in total. The van der Waals surface area contributed by atoms with Crippen LogP contribution < -0.4 is 19.1 Å². The summed E-state index contributed by atoms with van der Waals surface area (Å²) in [7, 11) is 4.89. The fourth-order valence-corrected chi connectivity index (χ4v) is 2.77. The molecule has 0 saturated heterocycles. The van der Waals surface area contributed by atoms with Crippen molar-refractivity contribution in [3.8, 4) is 17.2 Å². The molecule has 0 fully saturated rings. The van der Waals surface area contributed by atoms with Crippen molar-refractivity contribution in [3.63, 3.8) is 0 Å². The highest BCUT2D eigenvalue weighted by atomic mass is 16.5. The lowest BCUT2D eigenvalue weighted by molar-refractivity contribution is 0.324. The Kier molecular flexibility index (Phi) is 3.60. The third-order valence-electron chi connectivity index (χ3n) is 3.86. The Morgan fingerprint density at radius 2 is 1.33 bits per heavy atom. The van der Waals surface area contributed by atoms with Gasteiger partial charge in [-0.3, -0.25) is 0 Å². The normalized spacial score (nSPS) is 13.0. The van der Waals surface area contributed by atoms with Gasteiger partial charge in [-0.15, -0.1) is 0 Å². The number of benzene rings is 2. The molecule has 0 atom stereocenters. The van der Waals surface area contributed by atoms with Crippen molar-refractivity contribution in [1.29, 1.82) is 0 Å². The van der Waals surface area contributed by atoms with Crippen LogP contribution in [0.3, 0.4) is 0 Å². The summed E-state index contributed by atoms with van der Waals surface area (Å²) in [6, 6.07) is 12.5. The first-order valence-electron chi connectivity index (χ1n) is 6.88. The van der Waals surface area contributed by atoms with E-state index in [-0.39, 0.29) is 0 Å². The quantitative estimate of drug-likeness (QED) is 0.863. The molecule has 110 valence electrons. The molecule has 0 bridgehead atoms. The van der Waals surface area contributed by atoms with Crippen LogP contribution in [0.2, 0.25) is 0 Å². The van der Waals surface area contributed by atoms with E-state index in [1.807, 2.05) is 12.1 Å². The molecule has 3 rings (SSSR count). The molecule has 2 aromatic carbocycles. The van der Waals surface area contributed by atoms with Gasteiger partial charge in [0.05, 0.1) is 21.3 Å².